The zero-order valence-corrected chi connectivity index (χ0v) is 12.8. The van der Waals surface area contributed by atoms with Crippen LogP contribution >= 0.6 is 0 Å². The minimum Gasteiger partial charge on any atom is -0.388 e. The van der Waals surface area contributed by atoms with Crippen LogP contribution in [-0.2, 0) is 4.74 Å². The summed E-state index contributed by atoms with van der Waals surface area (Å²) >= 11 is 0. The van der Waals surface area contributed by atoms with Crippen molar-refractivity contribution in [3.63, 3.8) is 0 Å². The molecule has 2 N–H and O–H groups in total. The monoisotopic (exact) mass is 314 g/mol. The number of aliphatic hydroxyl groups is 2. The van der Waals surface area contributed by atoms with Gasteiger partial charge in [0, 0.05) is 14.1 Å². The molecule has 122 valence electrons. The number of hydrogen-bond donors (Lipinski definition) is 2. The third kappa shape index (κ3) is 3.01. The van der Waals surface area contributed by atoms with Crippen LogP contribution in [-0.4, -0.2) is 62.9 Å². The number of rotatable bonds is 2. The molecule has 0 spiro atoms. The van der Waals surface area contributed by atoms with E-state index in [1.165, 1.54) is 0 Å². The third-order valence-corrected chi connectivity index (χ3v) is 3.55. The topological polar surface area (TPSA) is 100 Å². The predicted octanol–water partition coefficient (Wildman–Crippen LogP) is -0.367. The van der Waals surface area contributed by atoms with Gasteiger partial charge in [-0.1, -0.05) is 0 Å². The van der Waals surface area contributed by atoms with Crippen LogP contribution in [0.15, 0.2) is 16.0 Å². The number of hydrogen-bond acceptors (Lipinski definition) is 6. The molecule has 1 fully saturated rings. The summed E-state index contributed by atoms with van der Waals surface area (Å²) in [6.07, 6.45) is -3.49. The Morgan fingerprint density at radius 3 is 2.59 bits per heavy atom. The average Bonchev–Trinajstić information content (AvgIpc) is 2.70. The minimum absolute atomic E-state index is 0.339. The van der Waals surface area contributed by atoms with E-state index < -0.39 is 36.0 Å². The SMILES string of the molecule is CC(=Nc1nc(=O)n([C@@H]2O[C@H](C)[C@@H](O)[C@H]2O)cc1F)N(C)C. The molecule has 8 nitrogen and oxygen atoms in total. The highest BCUT2D eigenvalue weighted by Gasteiger charge is 2.42. The first-order chi connectivity index (χ1) is 10.2. The number of aromatic nitrogens is 2. The average molecular weight is 314 g/mol. The summed E-state index contributed by atoms with van der Waals surface area (Å²) in [7, 11) is 3.45. The van der Waals surface area contributed by atoms with Gasteiger partial charge in [0.25, 0.3) is 0 Å². The zero-order valence-electron chi connectivity index (χ0n) is 12.8. The van der Waals surface area contributed by atoms with E-state index in [9.17, 15) is 19.4 Å². The second-order valence-electron chi connectivity index (χ2n) is 5.37. The van der Waals surface area contributed by atoms with E-state index in [0.717, 1.165) is 10.8 Å². The highest BCUT2D eigenvalue weighted by Crippen LogP contribution is 2.28. The van der Waals surface area contributed by atoms with Crippen LogP contribution in [0.4, 0.5) is 10.2 Å². The summed E-state index contributed by atoms with van der Waals surface area (Å²) in [5.41, 5.74) is -0.822. The van der Waals surface area contributed by atoms with Gasteiger partial charge < -0.3 is 19.8 Å². The van der Waals surface area contributed by atoms with Crippen molar-refractivity contribution in [2.45, 2.75) is 38.4 Å². The molecule has 0 aromatic carbocycles. The van der Waals surface area contributed by atoms with E-state index in [4.69, 9.17) is 4.74 Å². The predicted molar refractivity (Wildman–Crippen MR) is 76.5 cm³/mol. The van der Waals surface area contributed by atoms with Crippen LogP contribution in [0, 0.1) is 5.82 Å². The lowest BCUT2D eigenvalue weighted by Gasteiger charge is -2.17. The van der Waals surface area contributed by atoms with Crippen molar-refractivity contribution in [3.8, 4) is 0 Å². The van der Waals surface area contributed by atoms with Crippen molar-refractivity contribution in [2.24, 2.45) is 4.99 Å². The normalized spacial score (nSPS) is 29.0. The van der Waals surface area contributed by atoms with Crippen LogP contribution in [0.25, 0.3) is 0 Å². The first-order valence-electron chi connectivity index (χ1n) is 6.75. The van der Waals surface area contributed by atoms with E-state index in [1.54, 1.807) is 32.8 Å². The van der Waals surface area contributed by atoms with Gasteiger partial charge in [0.15, 0.2) is 17.9 Å². The van der Waals surface area contributed by atoms with Crippen molar-refractivity contribution in [1.82, 2.24) is 14.5 Å². The van der Waals surface area contributed by atoms with Crippen LogP contribution in [0.3, 0.4) is 0 Å². The van der Waals surface area contributed by atoms with Crippen molar-refractivity contribution in [1.29, 1.82) is 0 Å². The molecule has 0 bridgehead atoms. The second kappa shape index (κ2) is 6.11. The molecule has 1 aliphatic heterocycles. The molecule has 1 aliphatic rings. The van der Waals surface area contributed by atoms with Gasteiger partial charge in [-0.25, -0.2) is 14.2 Å². The highest BCUT2D eigenvalue weighted by atomic mass is 19.1. The summed E-state index contributed by atoms with van der Waals surface area (Å²) in [5, 5.41) is 19.5. The Morgan fingerprint density at radius 2 is 2.09 bits per heavy atom. The molecular weight excluding hydrogens is 295 g/mol. The maximum atomic E-state index is 14.1. The largest absolute Gasteiger partial charge is 0.388 e. The first-order valence-corrected chi connectivity index (χ1v) is 6.75. The fourth-order valence-corrected chi connectivity index (χ4v) is 2.01. The Bertz CT molecular complexity index is 645. The maximum absolute atomic E-state index is 14.1. The molecule has 2 rings (SSSR count). The minimum atomic E-state index is -1.34. The number of ether oxygens (including phenoxy) is 1. The van der Waals surface area contributed by atoms with E-state index in [2.05, 4.69) is 9.98 Å². The molecule has 9 heteroatoms. The molecule has 1 aromatic heterocycles. The molecule has 0 amide bonds. The van der Waals surface area contributed by atoms with Crippen LogP contribution in [0.2, 0.25) is 0 Å². The third-order valence-electron chi connectivity index (χ3n) is 3.55. The summed E-state index contributed by atoms with van der Waals surface area (Å²) in [6.45, 7) is 3.19. The number of nitrogens with zero attached hydrogens (tertiary/aromatic N) is 4. The molecule has 2 heterocycles. The van der Waals surface area contributed by atoms with Gasteiger partial charge in [-0.2, -0.15) is 4.98 Å². The van der Waals surface area contributed by atoms with Crippen molar-refractivity contribution in [3.05, 3.63) is 22.5 Å². The summed E-state index contributed by atoms with van der Waals surface area (Å²) < 4.78 is 20.2. The lowest BCUT2D eigenvalue weighted by Crippen LogP contribution is -2.35. The van der Waals surface area contributed by atoms with Gasteiger partial charge in [0.1, 0.15) is 18.0 Å². The standard InChI is InChI=1S/C13H19FN4O4/c1-6-9(19)10(20)12(22-6)18-5-8(14)11(16-13(18)21)15-7(2)17(3)4/h5-6,9-10,12,19-20H,1-4H3/t6-,9-,10-,12-/m1/s1. The highest BCUT2D eigenvalue weighted by molar-refractivity contribution is 5.81. The molecule has 0 aliphatic carbocycles. The number of amidine groups is 1. The smallest absolute Gasteiger partial charge is 0.352 e. The zero-order chi connectivity index (χ0) is 16.6. The van der Waals surface area contributed by atoms with E-state index in [-0.39, 0.29) is 5.82 Å². The van der Waals surface area contributed by atoms with Crippen molar-refractivity contribution >= 4 is 11.7 Å². The van der Waals surface area contributed by atoms with Crippen LogP contribution in [0.1, 0.15) is 20.1 Å². The number of aliphatic hydroxyl groups excluding tert-OH is 2. The van der Waals surface area contributed by atoms with Crippen LogP contribution in [0.5, 0.6) is 0 Å². The molecule has 1 saturated heterocycles. The second-order valence-corrected chi connectivity index (χ2v) is 5.37. The molecule has 1 aromatic rings. The van der Waals surface area contributed by atoms with E-state index in [1.807, 2.05) is 0 Å². The Morgan fingerprint density at radius 1 is 1.45 bits per heavy atom. The molecular formula is C13H19FN4O4. The Balaban J connectivity index is 2.40. The van der Waals surface area contributed by atoms with Gasteiger partial charge in [-0.05, 0) is 13.8 Å². The van der Waals surface area contributed by atoms with Crippen molar-refractivity contribution < 1.29 is 19.3 Å². The number of aliphatic imine (C=N–C) groups is 1. The molecule has 4 atom stereocenters. The van der Waals surface area contributed by atoms with Gasteiger partial charge in [0.05, 0.1) is 12.3 Å². The van der Waals surface area contributed by atoms with Crippen LogP contribution < -0.4 is 5.69 Å². The fraction of sp³-hybridized carbons (Fsp3) is 0.615. The molecule has 22 heavy (non-hydrogen) atoms. The summed E-state index contributed by atoms with van der Waals surface area (Å²) in [4.78, 5) is 21.2. The maximum Gasteiger partial charge on any atom is 0.352 e. The Labute approximate surface area is 126 Å². The van der Waals surface area contributed by atoms with Gasteiger partial charge in [-0.3, -0.25) is 4.57 Å². The fourth-order valence-electron chi connectivity index (χ4n) is 2.01. The summed E-state index contributed by atoms with van der Waals surface area (Å²) in [5.74, 6) is -0.691. The first kappa shape index (κ1) is 16.5. The van der Waals surface area contributed by atoms with Gasteiger partial charge >= 0.3 is 5.69 Å². The quantitative estimate of drug-likeness (QED) is 0.571. The van der Waals surface area contributed by atoms with Gasteiger partial charge in [0.2, 0.25) is 0 Å². The Hall–Kier alpha value is -1.84. The van der Waals surface area contributed by atoms with E-state index in [0.29, 0.717) is 5.84 Å². The molecule has 0 saturated carbocycles. The number of halogens is 1. The van der Waals surface area contributed by atoms with Gasteiger partial charge in [-0.15, -0.1) is 0 Å². The lowest BCUT2D eigenvalue weighted by molar-refractivity contribution is -0.0355. The Kier molecular flexibility index (Phi) is 4.59. The van der Waals surface area contributed by atoms with E-state index >= 15 is 0 Å². The molecule has 0 radical (unpaired) electrons. The lowest BCUT2D eigenvalue weighted by atomic mass is 10.1. The molecule has 0 unspecified atom stereocenters. The van der Waals surface area contributed by atoms with Crippen molar-refractivity contribution in [2.75, 3.05) is 14.1 Å². The summed E-state index contributed by atoms with van der Waals surface area (Å²) in [6, 6.07) is 0.